The van der Waals surface area contributed by atoms with E-state index >= 15 is 4.39 Å². The Morgan fingerprint density at radius 3 is 2.45 bits per heavy atom. The van der Waals surface area contributed by atoms with E-state index in [4.69, 9.17) is 4.74 Å². The zero-order valence-electron chi connectivity index (χ0n) is 19.7. The van der Waals surface area contributed by atoms with Crippen LogP contribution in [0.15, 0.2) is 60.8 Å². The Hall–Kier alpha value is -4.51. The molecular formula is C27H20F4N4O3. The van der Waals surface area contributed by atoms with E-state index in [0.29, 0.717) is 43.3 Å². The molecule has 0 unspecified atom stereocenters. The number of aromatic nitrogens is 1. The Kier molecular flexibility index (Phi) is 6.93. The summed E-state index contributed by atoms with van der Waals surface area (Å²) in [7, 11) is 0. The zero-order chi connectivity index (χ0) is 26.8. The second-order valence-electron chi connectivity index (χ2n) is 8.53. The highest BCUT2D eigenvalue weighted by Gasteiger charge is 2.26. The molecule has 2 amide bonds. The van der Waals surface area contributed by atoms with Crippen LogP contribution in [0.25, 0.3) is 10.9 Å². The number of anilines is 3. The maximum Gasteiger partial charge on any atom is 0.323 e. The van der Waals surface area contributed by atoms with E-state index in [0.717, 1.165) is 17.8 Å². The highest BCUT2D eigenvalue weighted by molar-refractivity contribution is 6.12. The first-order valence-corrected chi connectivity index (χ1v) is 11.6. The number of hydrogen-bond donors (Lipinski definition) is 2. The van der Waals surface area contributed by atoms with Crippen LogP contribution in [0.3, 0.4) is 0 Å². The monoisotopic (exact) mass is 524 g/mol. The second-order valence-corrected chi connectivity index (χ2v) is 8.53. The van der Waals surface area contributed by atoms with Crippen molar-refractivity contribution in [2.24, 2.45) is 0 Å². The maximum absolute atomic E-state index is 15.3. The molecule has 0 saturated carbocycles. The number of nitrogens with one attached hydrogen (secondary N) is 2. The van der Waals surface area contributed by atoms with Crippen LogP contribution in [0, 0.1) is 23.3 Å². The maximum atomic E-state index is 15.3. The van der Waals surface area contributed by atoms with Crippen molar-refractivity contribution < 1.29 is 31.9 Å². The summed E-state index contributed by atoms with van der Waals surface area (Å²) in [4.78, 5) is 31.9. The van der Waals surface area contributed by atoms with Gasteiger partial charge in [0, 0.05) is 35.8 Å². The predicted molar refractivity (Wildman–Crippen MR) is 134 cm³/mol. The minimum absolute atomic E-state index is 0.0445. The lowest BCUT2D eigenvalue weighted by Crippen LogP contribution is -2.36. The minimum Gasteiger partial charge on any atom is -0.378 e. The van der Waals surface area contributed by atoms with Crippen LogP contribution in [0.2, 0.25) is 0 Å². The molecule has 4 aromatic rings. The average Bonchev–Trinajstić information content (AvgIpc) is 2.91. The minimum atomic E-state index is -1.69. The average molecular weight is 524 g/mol. The normalized spacial score (nSPS) is 13.4. The van der Waals surface area contributed by atoms with Crippen molar-refractivity contribution in [3.05, 3.63) is 95.2 Å². The number of carbonyl (C=O) groups excluding carboxylic acids is 2. The molecule has 1 aliphatic heterocycles. The molecule has 0 bridgehead atoms. The molecule has 1 aliphatic rings. The van der Waals surface area contributed by atoms with Gasteiger partial charge >= 0.3 is 6.03 Å². The molecular weight excluding hydrogens is 504 g/mol. The number of fused-ring (bicyclic) bond motifs is 1. The molecule has 3 aromatic carbocycles. The zero-order valence-corrected chi connectivity index (χ0v) is 19.7. The molecule has 194 valence electrons. The van der Waals surface area contributed by atoms with E-state index in [9.17, 15) is 22.8 Å². The van der Waals surface area contributed by atoms with Crippen LogP contribution in [-0.4, -0.2) is 43.1 Å². The standard InChI is InChI=1S/C27H20F4N4O3/c28-17-2-1-3-18(12-17)33-27(37)34-22-13-20(29)24(30)23(25(22)31)26(36)15-4-5-21-16(10-15)11-19(14-32-21)35-6-8-38-9-7-35/h1-5,10-14H,6-9H2,(H2,33,34,37). The van der Waals surface area contributed by atoms with E-state index in [2.05, 4.69) is 15.2 Å². The van der Waals surface area contributed by atoms with Crippen molar-refractivity contribution in [3.63, 3.8) is 0 Å². The van der Waals surface area contributed by atoms with Crippen molar-refractivity contribution in [1.29, 1.82) is 0 Å². The number of carbonyl (C=O) groups is 2. The number of rotatable bonds is 5. The number of halogens is 4. The largest absolute Gasteiger partial charge is 0.378 e. The van der Waals surface area contributed by atoms with Crippen molar-refractivity contribution in [2.45, 2.75) is 0 Å². The van der Waals surface area contributed by atoms with Gasteiger partial charge in [-0.05, 0) is 42.5 Å². The van der Waals surface area contributed by atoms with Gasteiger partial charge in [-0.1, -0.05) is 6.07 Å². The SMILES string of the molecule is O=C(Nc1cccc(F)c1)Nc1cc(F)c(F)c(C(=O)c2ccc3ncc(N4CCOCC4)cc3c2)c1F. The first-order chi connectivity index (χ1) is 18.3. The van der Waals surface area contributed by atoms with Crippen LogP contribution in [0.4, 0.5) is 39.4 Å². The fourth-order valence-electron chi connectivity index (χ4n) is 4.15. The topological polar surface area (TPSA) is 83.6 Å². The third-order valence-corrected chi connectivity index (χ3v) is 6.02. The number of nitrogens with zero attached hydrogens (tertiary/aromatic N) is 2. The summed E-state index contributed by atoms with van der Waals surface area (Å²) in [5.41, 5.74) is -0.639. The van der Waals surface area contributed by atoms with E-state index in [1.165, 1.54) is 30.3 Å². The Morgan fingerprint density at radius 1 is 0.895 bits per heavy atom. The van der Waals surface area contributed by atoms with Crippen molar-refractivity contribution >= 4 is 39.8 Å². The second kappa shape index (κ2) is 10.5. The predicted octanol–water partition coefficient (Wildman–Crippen LogP) is 5.50. The molecule has 2 heterocycles. The van der Waals surface area contributed by atoms with E-state index in [-0.39, 0.29) is 11.3 Å². The molecule has 0 spiro atoms. The number of hydrogen-bond acceptors (Lipinski definition) is 5. The lowest BCUT2D eigenvalue weighted by Gasteiger charge is -2.28. The fraction of sp³-hybridized carbons (Fsp3) is 0.148. The molecule has 1 saturated heterocycles. The molecule has 38 heavy (non-hydrogen) atoms. The summed E-state index contributed by atoms with van der Waals surface area (Å²) < 4.78 is 63.1. The number of urea groups is 1. The third-order valence-electron chi connectivity index (χ3n) is 6.02. The molecule has 0 radical (unpaired) electrons. The van der Waals surface area contributed by atoms with Gasteiger partial charge in [0.05, 0.1) is 41.9 Å². The van der Waals surface area contributed by atoms with Gasteiger partial charge in [0.15, 0.2) is 23.2 Å². The van der Waals surface area contributed by atoms with E-state index in [1.807, 2.05) is 5.32 Å². The van der Waals surface area contributed by atoms with Crippen LogP contribution < -0.4 is 15.5 Å². The lowest BCUT2D eigenvalue weighted by molar-refractivity contribution is 0.103. The highest BCUT2D eigenvalue weighted by atomic mass is 19.2. The van der Waals surface area contributed by atoms with Gasteiger partial charge in [-0.3, -0.25) is 9.78 Å². The van der Waals surface area contributed by atoms with Gasteiger partial charge in [-0.2, -0.15) is 0 Å². The van der Waals surface area contributed by atoms with Gasteiger partial charge in [0.2, 0.25) is 0 Å². The third kappa shape index (κ3) is 5.14. The Labute approximate surface area is 214 Å². The first kappa shape index (κ1) is 25.2. The number of ketones is 1. The van der Waals surface area contributed by atoms with Crippen LogP contribution in [0.1, 0.15) is 15.9 Å². The Morgan fingerprint density at radius 2 is 1.68 bits per heavy atom. The van der Waals surface area contributed by atoms with Crippen molar-refractivity contribution in [3.8, 4) is 0 Å². The van der Waals surface area contributed by atoms with Gasteiger partial charge in [0.25, 0.3) is 0 Å². The van der Waals surface area contributed by atoms with Crippen LogP contribution in [-0.2, 0) is 4.74 Å². The molecule has 1 fully saturated rings. The summed E-state index contributed by atoms with van der Waals surface area (Å²) >= 11 is 0. The fourth-order valence-corrected chi connectivity index (χ4v) is 4.15. The lowest BCUT2D eigenvalue weighted by atomic mass is 9.99. The van der Waals surface area contributed by atoms with Gasteiger partial charge in [-0.25, -0.2) is 22.4 Å². The number of ether oxygens (including phenoxy) is 1. The van der Waals surface area contributed by atoms with Crippen LogP contribution in [0.5, 0.6) is 0 Å². The number of amides is 2. The van der Waals surface area contributed by atoms with Gasteiger partial charge < -0.3 is 20.3 Å². The van der Waals surface area contributed by atoms with Crippen molar-refractivity contribution in [1.82, 2.24) is 4.98 Å². The molecule has 11 heteroatoms. The molecule has 0 atom stereocenters. The summed E-state index contributed by atoms with van der Waals surface area (Å²) in [6.07, 6.45) is 1.69. The number of benzene rings is 3. The van der Waals surface area contributed by atoms with E-state index < -0.39 is 46.3 Å². The molecule has 1 aromatic heterocycles. The Balaban J connectivity index is 1.44. The van der Waals surface area contributed by atoms with Gasteiger partial charge in [-0.15, -0.1) is 0 Å². The molecule has 5 rings (SSSR count). The summed E-state index contributed by atoms with van der Waals surface area (Å²) in [6, 6.07) is 10.3. The highest BCUT2D eigenvalue weighted by Crippen LogP contribution is 2.28. The first-order valence-electron chi connectivity index (χ1n) is 11.6. The molecule has 2 N–H and O–H groups in total. The number of pyridine rings is 1. The summed E-state index contributed by atoms with van der Waals surface area (Å²) in [5.74, 6) is -6.43. The van der Waals surface area contributed by atoms with Gasteiger partial charge in [0.1, 0.15) is 5.82 Å². The molecule has 0 aliphatic carbocycles. The summed E-state index contributed by atoms with van der Waals surface area (Å²) in [6.45, 7) is 2.44. The molecule has 7 nitrogen and oxygen atoms in total. The number of morpholine rings is 1. The van der Waals surface area contributed by atoms with Crippen LogP contribution >= 0.6 is 0 Å². The quantitative estimate of drug-likeness (QED) is 0.205. The smallest absolute Gasteiger partial charge is 0.323 e. The Bertz CT molecular complexity index is 1560. The van der Waals surface area contributed by atoms with E-state index in [1.54, 1.807) is 12.3 Å². The van der Waals surface area contributed by atoms with Crippen molar-refractivity contribution in [2.75, 3.05) is 41.8 Å². The summed E-state index contributed by atoms with van der Waals surface area (Å²) in [5, 5.41) is 4.83.